The third kappa shape index (κ3) is 4.08. The topological polar surface area (TPSA) is 84.3 Å². The number of carbonyl (C=O) groups is 1. The van der Waals surface area contributed by atoms with Crippen LogP contribution in [0.5, 0.6) is 0 Å². The van der Waals surface area contributed by atoms with Crippen molar-refractivity contribution in [3.05, 3.63) is 63.7 Å². The van der Waals surface area contributed by atoms with E-state index in [1.54, 1.807) is 37.3 Å². The summed E-state index contributed by atoms with van der Waals surface area (Å²) in [7, 11) is 0. The van der Waals surface area contributed by atoms with Crippen molar-refractivity contribution in [3.8, 4) is 12.3 Å². The van der Waals surface area contributed by atoms with Gasteiger partial charge in [-0.1, -0.05) is 18.1 Å². The second kappa shape index (κ2) is 7.09. The molecule has 0 saturated heterocycles. The predicted molar refractivity (Wildman–Crippen MR) is 89.3 cm³/mol. The zero-order valence-electron chi connectivity index (χ0n) is 12.5. The van der Waals surface area contributed by atoms with Crippen LogP contribution in [0.15, 0.2) is 42.5 Å². The summed E-state index contributed by atoms with van der Waals surface area (Å²) in [5.41, 5.74) is 2.25. The molecule has 6 heteroatoms. The highest BCUT2D eigenvalue weighted by Crippen LogP contribution is 2.24. The summed E-state index contributed by atoms with van der Waals surface area (Å²) in [6.07, 6.45) is 5.32. The number of amides is 1. The van der Waals surface area contributed by atoms with Gasteiger partial charge in [0.25, 0.3) is 5.69 Å². The molecule has 6 nitrogen and oxygen atoms in total. The number of nitro benzene ring substituents is 1. The number of anilines is 2. The van der Waals surface area contributed by atoms with Crippen molar-refractivity contribution in [3.63, 3.8) is 0 Å². The van der Waals surface area contributed by atoms with Crippen molar-refractivity contribution >= 4 is 23.0 Å². The Kier molecular flexibility index (Phi) is 4.95. The summed E-state index contributed by atoms with van der Waals surface area (Å²) in [6, 6.07) is 11.7. The van der Waals surface area contributed by atoms with Crippen LogP contribution in [0.1, 0.15) is 11.1 Å². The molecule has 2 aromatic rings. The minimum absolute atomic E-state index is 0.0240. The number of nitrogens with one attached hydrogen (secondary N) is 2. The van der Waals surface area contributed by atoms with Crippen LogP contribution < -0.4 is 10.6 Å². The quantitative estimate of drug-likeness (QED) is 0.505. The fourth-order valence-corrected chi connectivity index (χ4v) is 2.05. The normalized spacial score (nSPS) is 9.74. The Labute approximate surface area is 133 Å². The molecule has 2 aromatic carbocycles. The minimum atomic E-state index is -0.478. The molecule has 0 aliphatic carbocycles. The van der Waals surface area contributed by atoms with Crippen LogP contribution in [-0.4, -0.2) is 17.4 Å². The Morgan fingerprint density at radius 2 is 2.04 bits per heavy atom. The molecule has 0 unspecified atom stereocenters. The number of hydrogen-bond donors (Lipinski definition) is 2. The highest BCUT2D eigenvalue weighted by atomic mass is 16.6. The van der Waals surface area contributed by atoms with Gasteiger partial charge in [0, 0.05) is 17.3 Å². The van der Waals surface area contributed by atoms with Crippen molar-refractivity contribution < 1.29 is 9.72 Å². The molecular formula is C17H15N3O3. The number of nitro groups is 1. The Balaban J connectivity index is 2.01. The van der Waals surface area contributed by atoms with Crippen LogP contribution >= 0.6 is 0 Å². The monoisotopic (exact) mass is 309 g/mol. The van der Waals surface area contributed by atoms with Crippen LogP contribution in [0.2, 0.25) is 0 Å². The summed E-state index contributed by atoms with van der Waals surface area (Å²) in [6.45, 7) is 1.62. The van der Waals surface area contributed by atoms with E-state index in [2.05, 4.69) is 16.6 Å². The van der Waals surface area contributed by atoms with Crippen LogP contribution in [0.4, 0.5) is 17.1 Å². The number of nitrogens with zero attached hydrogens (tertiary/aromatic N) is 1. The molecule has 0 atom stereocenters. The van der Waals surface area contributed by atoms with Crippen LogP contribution in [-0.2, 0) is 4.79 Å². The van der Waals surface area contributed by atoms with Gasteiger partial charge in [-0.25, -0.2) is 0 Å². The van der Waals surface area contributed by atoms with Gasteiger partial charge < -0.3 is 10.6 Å². The maximum Gasteiger partial charge on any atom is 0.274 e. The van der Waals surface area contributed by atoms with E-state index in [9.17, 15) is 14.9 Å². The van der Waals surface area contributed by atoms with E-state index < -0.39 is 4.92 Å². The van der Waals surface area contributed by atoms with Gasteiger partial charge in [-0.15, -0.1) is 6.42 Å². The third-order valence-electron chi connectivity index (χ3n) is 3.26. The molecule has 2 N–H and O–H groups in total. The molecule has 0 fully saturated rings. The van der Waals surface area contributed by atoms with Gasteiger partial charge >= 0.3 is 0 Å². The van der Waals surface area contributed by atoms with E-state index in [4.69, 9.17) is 6.42 Å². The van der Waals surface area contributed by atoms with E-state index in [0.717, 1.165) is 5.69 Å². The molecule has 1 amide bonds. The fraction of sp³-hybridized carbons (Fsp3) is 0.118. The first kappa shape index (κ1) is 16.0. The SMILES string of the molecule is C#Cc1cccc(NCC(=O)Nc2cccc([N+](=O)[O-])c2C)c1. The lowest BCUT2D eigenvalue weighted by Crippen LogP contribution is -2.22. The van der Waals surface area contributed by atoms with Crippen molar-refractivity contribution in [1.82, 2.24) is 0 Å². The number of hydrogen-bond acceptors (Lipinski definition) is 4. The second-order valence-corrected chi connectivity index (χ2v) is 4.83. The molecule has 23 heavy (non-hydrogen) atoms. The lowest BCUT2D eigenvalue weighted by atomic mass is 10.1. The summed E-state index contributed by atoms with van der Waals surface area (Å²) in [4.78, 5) is 22.4. The van der Waals surface area contributed by atoms with Crippen LogP contribution in [0, 0.1) is 29.4 Å². The minimum Gasteiger partial charge on any atom is -0.376 e. The summed E-state index contributed by atoms with van der Waals surface area (Å²) in [5.74, 6) is 2.21. The van der Waals surface area contributed by atoms with Gasteiger partial charge in [-0.05, 0) is 31.2 Å². The van der Waals surface area contributed by atoms with E-state index in [1.807, 2.05) is 0 Å². The standard InChI is InChI=1S/C17H15N3O3/c1-3-13-6-4-7-14(10-13)18-11-17(21)19-15-8-5-9-16(12(15)2)20(22)23/h1,4-10,18H,11H2,2H3,(H,19,21). The molecule has 0 saturated carbocycles. The fourth-order valence-electron chi connectivity index (χ4n) is 2.05. The molecule has 0 bridgehead atoms. The Morgan fingerprint density at radius 1 is 1.30 bits per heavy atom. The van der Waals surface area contributed by atoms with Crippen LogP contribution in [0.3, 0.4) is 0 Å². The van der Waals surface area contributed by atoms with E-state index in [-0.39, 0.29) is 18.1 Å². The number of terminal acetylenes is 1. The highest BCUT2D eigenvalue weighted by molar-refractivity contribution is 5.94. The molecule has 0 aliphatic rings. The molecule has 0 aliphatic heterocycles. The van der Waals surface area contributed by atoms with E-state index in [0.29, 0.717) is 16.8 Å². The predicted octanol–water partition coefficient (Wildman–Crippen LogP) is 2.94. The van der Waals surface area contributed by atoms with Gasteiger partial charge in [-0.3, -0.25) is 14.9 Å². The maximum atomic E-state index is 12.0. The highest BCUT2D eigenvalue weighted by Gasteiger charge is 2.14. The molecule has 0 heterocycles. The Bertz CT molecular complexity index is 794. The van der Waals surface area contributed by atoms with E-state index >= 15 is 0 Å². The third-order valence-corrected chi connectivity index (χ3v) is 3.26. The lowest BCUT2D eigenvalue weighted by Gasteiger charge is -2.10. The number of rotatable bonds is 5. The Morgan fingerprint density at radius 3 is 2.74 bits per heavy atom. The number of carbonyl (C=O) groups excluding carboxylic acids is 1. The number of benzene rings is 2. The molecule has 0 aromatic heterocycles. The van der Waals surface area contributed by atoms with E-state index in [1.165, 1.54) is 12.1 Å². The first-order chi connectivity index (χ1) is 11.0. The molecule has 0 radical (unpaired) electrons. The van der Waals surface area contributed by atoms with Gasteiger partial charge in [0.05, 0.1) is 22.7 Å². The maximum absolute atomic E-state index is 12.0. The smallest absolute Gasteiger partial charge is 0.274 e. The average molecular weight is 309 g/mol. The molecule has 116 valence electrons. The van der Waals surface area contributed by atoms with Crippen molar-refractivity contribution in [1.29, 1.82) is 0 Å². The summed E-state index contributed by atoms with van der Waals surface area (Å²) >= 11 is 0. The zero-order valence-corrected chi connectivity index (χ0v) is 12.5. The van der Waals surface area contributed by atoms with Gasteiger partial charge in [0.1, 0.15) is 0 Å². The molecule has 2 rings (SSSR count). The van der Waals surface area contributed by atoms with Crippen molar-refractivity contribution in [2.24, 2.45) is 0 Å². The molecular weight excluding hydrogens is 294 g/mol. The average Bonchev–Trinajstić information content (AvgIpc) is 2.55. The van der Waals surface area contributed by atoms with Crippen LogP contribution in [0.25, 0.3) is 0 Å². The summed E-state index contributed by atoms with van der Waals surface area (Å²) in [5, 5.41) is 16.5. The lowest BCUT2D eigenvalue weighted by molar-refractivity contribution is -0.385. The largest absolute Gasteiger partial charge is 0.376 e. The van der Waals surface area contributed by atoms with Gasteiger partial charge in [-0.2, -0.15) is 0 Å². The first-order valence-corrected chi connectivity index (χ1v) is 6.85. The Hall–Kier alpha value is -3.33. The zero-order chi connectivity index (χ0) is 16.8. The van der Waals surface area contributed by atoms with Crippen molar-refractivity contribution in [2.75, 3.05) is 17.2 Å². The first-order valence-electron chi connectivity index (χ1n) is 6.85. The van der Waals surface area contributed by atoms with Gasteiger partial charge in [0.2, 0.25) is 5.91 Å². The molecule has 0 spiro atoms. The summed E-state index contributed by atoms with van der Waals surface area (Å²) < 4.78 is 0. The second-order valence-electron chi connectivity index (χ2n) is 4.83. The van der Waals surface area contributed by atoms with Gasteiger partial charge in [0.15, 0.2) is 0 Å². The van der Waals surface area contributed by atoms with Crippen molar-refractivity contribution in [2.45, 2.75) is 6.92 Å².